The fourth-order valence-electron chi connectivity index (χ4n) is 2.23. The molecule has 0 aliphatic carbocycles. The van der Waals surface area contributed by atoms with E-state index in [9.17, 15) is 0 Å². The summed E-state index contributed by atoms with van der Waals surface area (Å²) < 4.78 is 5.03. The van der Waals surface area contributed by atoms with Gasteiger partial charge in [0.05, 0.1) is 6.61 Å². The van der Waals surface area contributed by atoms with Gasteiger partial charge in [-0.25, -0.2) is 9.97 Å². The lowest BCUT2D eigenvalue weighted by Crippen LogP contribution is -2.49. The van der Waals surface area contributed by atoms with Gasteiger partial charge in [-0.1, -0.05) is 0 Å². The third-order valence-electron chi connectivity index (χ3n) is 3.13. The van der Waals surface area contributed by atoms with Gasteiger partial charge in [0.2, 0.25) is 0 Å². The lowest BCUT2D eigenvalue weighted by Gasteiger charge is -2.33. The van der Waals surface area contributed by atoms with Crippen LogP contribution in [0.2, 0.25) is 0 Å². The normalized spacial score (nSPS) is 19.5. The van der Waals surface area contributed by atoms with Gasteiger partial charge in [-0.3, -0.25) is 0 Å². The van der Waals surface area contributed by atoms with E-state index >= 15 is 0 Å². The topological polar surface area (TPSA) is 62.3 Å². The first-order valence-corrected chi connectivity index (χ1v) is 6.76. The van der Waals surface area contributed by atoms with Gasteiger partial charge in [0.25, 0.3) is 0 Å². The molecule has 0 bridgehead atoms. The molecule has 19 heavy (non-hydrogen) atoms. The summed E-state index contributed by atoms with van der Waals surface area (Å²) >= 11 is 0. The summed E-state index contributed by atoms with van der Waals surface area (Å²) in [6, 6.07) is 2.51. The largest absolute Gasteiger partial charge is 0.383 e. The van der Waals surface area contributed by atoms with E-state index in [2.05, 4.69) is 32.4 Å². The van der Waals surface area contributed by atoms with Gasteiger partial charge in [0, 0.05) is 45.4 Å². The van der Waals surface area contributed by atoms with Crippen LogP contribution < -0.4 is 15.5 Å². The molecule has 1 aromatic rings. The molecular weight excluding hydrogens is 242 g/mol. The Balaban J connectivity index is 2.07. The third-order valence-corrected chi connectivity index (χ3v) is 3.13. The van der Waals surface area contributed by atoms with Crippen molar-refractivity contribution in [2.24, 2.45) is 0 Å². The number of methoxy groups -OCH3 is 1. The molecule has 0 amide bonds. The molecule has 0 spiro atoms. The van der Waals surface area contributed by atoms with Crippen molar-refractivity contribution >= 4 is 11.6 Å². The predicted molar refractivity (Wildman–Crippen MR) is 76.8 cm³/mol. The van der Waals surface area contributed by atoms with E-state index in [1.165, 1.54) is 0 Å². The Hall–Kier alpha value is -1.40. The zero-order chi connectivity index (χ0) is 13.7. The van der Waals surface area contributed by atoms with Crippen LogP contribution in [0.3, 0.4) is 0 Å². The van der Waals surface area contributed by atoms with Crippen molar-refractivity contribution in [3.8, 4) is 0 Å². The van der Waals surface area contributed by atoms with E-state index in [1.54, 1.807) is 7.11 Å². The summed E-state index contributed by atoms with van der Waals surface area (Å²) in [6.07, 6.45) is 0. The average Bonchev–Trinajstić information content (AvgIpc) is 2.38. The molecule has 0 radical (unpaired) electrons. The molecular formula is C13H23N5O. The number of piperazine rings is 1. The number of aryl methyl sites for hydroxylation is 1. The predicted octanol–water partition coefficient (Wildman–Crippen LogP) is 0.641. The summed E-state index contributed by atoms with van der Waals surface area (Å²) in [5.74, 6) is 2.66. The van der Waals surface area contributed by atoms with Crippen LogP contribution in [0.5, 0.6) is 0 Å². The molecule has 1 saturated heterocycles. The number of hydrogen-bond donors (Lipinski definition) is 2. The minimum absolute atomic E-state index is 0.494. The smallest absolute Gasteiger partial charge is 0.134 e. The van der Waals surface area contributed by atoms with Gasteiger partial charge < -0.3 is 20.3 Å². The number of aromatic nitrogens is 2. The van der Waals surface area contributed by atoms with Crippen molar-refractivity contribution < 1.29 is 4.74 Å². The van der Waals surface area contributed by atoms with Crippen LogP contribution >= 0.6 is 0 Å². The molecule has 106 valence electrons. The molecule has 1 unspecified atom stereocenters. The molecule has 2 heterocycles. The molecule has 0 saturated carbocycles. The zero-order valence-corrected chi connectivity index (χ0v) is 11.9. The van der Waals surface area contributed by atoms with E-state index in [-0.39, 0.29) is 0 Å². The average molecular weight is 265 g/mol. The van der Waals surface area contributed by atoms with Gasteiger partial charge in [-0.2, -0.15) is 0 Å². The highest BCUT2D eigenvalue weighted by Crippen LogP contribution is 2.17. The zero-order valence-electron chi connectivity index (χ0n) is 11.9. The van der Waals surface area contributed by atoms with Crippen molar-refractivity contribution in [1.82, 2.24) is 15.3 Å². The highest BCUT2D eigenvalue weighted by Gasteiger charge is 2.17. The lowest BCUT2D eigenvalue weighted by atomic mass is 10.2. The second-order valence-electron chi connectivity index (χ2n) is 4.88. The molecule has 1 aromatic heterocycles. The van der Waals surface area contributed by atoms with Crippen molar-refractivity contribution in [3.05, 3.63) is 11.9 Å². The highest BCUT2D eigenvalue weighted by atomic mass is 16.5. The summed E-state index contributed by atoms with van der Waals surface area (Å²) in [5, 5.41) is 6.69. The van der Waals surface area contributed by atoms with Crippen LogP contribution in [0.25, 0.3) is 0 Å². The highest BCUT2D eigenvalue weighted by molar-refractivity contribution is 5.49. The standard InChI is InChI=1S/C13H23N5O/c1-10-9-18(6-4-14-10)13-8-12(15-5-7-19-3)16-11(2)17-13/h8,10,14H,4-7,9H2,1-3H3,(H,15,16,17). The van der Waals surface area contributed by atoms with Gasteiger partial charge in [-0.05, 0) is 13.8 Å². The Kier molecular flexibility index (Phi) is 4.93. The number of nitrogens with one attached hydrogen (secondary N) is 2. The molecule has 6 nitrogen and oxygen atoms in total. The molecule has 1 atom stereocenters. The quantitative estimate of drug-likeness (QED) is 0.762. The Bertz CT molecular complexity index is 412. The van der Waals surface area contributed by atoms with E-state index in [1.807, 2.05) is 13.0 Å². The first-order chi connectivity index (χ1) is 9.19. The molecule has 0 aromatic carbocycles. The second-order valence-corrected chi connectivity index (χ2v) is 4.88. The Morgan fingerprint density at radius 3 is 3.11 bits per heavy atom. The monoisotopic (exact) mass is 265 g/mol. The van der Waals surface area contributed by atoms with E-state index < -0.39 is 0 Å². The van der Waals surface area contributed by atoms with Gasteiger partial charge in [0.15, 0.2) is 0 Å². The molecule has 6 heteroatoms. The Morgan fingerprint density at radius 1 is 1.53 bits per heavy atom. The number of hydrogen-bond acceptors (Lipinski definition) is 6. The van der Waals surface area contributed by atoms with Crippen LogP contribution in [-0.4, -0.2) is 55.9 Å². The van der Waals surface area contributed by atoms with Crippen molar-refractivity contribution in [1.29, 1.82) is 0 Å². The fraction of sp³-hybridized carbons (Fsp3) is 0.692. The van der Waals surface area contributed by atoms with Crippen LogP contribution in [0.4, 0.5) is 11.6 Å². The van der Waals surface area contributed by atoms with Gasteiger partial charge >= 0.3 is 0 Å². The lowest BCUT2D eigenvalue weighted by molar-refractivity contribution is 0.210. The number of nitrogens with zero attached hydrogens (tertiary/aromatic N) is 3. The molecule has 2 N–H and O–H groups in total. The van der Waals surface area contributed by atoms with Crippen LogP contribution in [0.1, 0.15) is 12.7 Å². The number of ether oxygens (including phenoxy) is 1. The number of anilines is 2. The minimum Gasteiger partial charge on any atom is -0.383 e. The SMILES string of the molecule is COCCNc1cc(N2CCNC(C)C2)nc(C)n1. The van der Waals surface area contributed by atoms with E-state index in [0.29, 0.717) is 12.6 Å². The third kappa shape index (κ3) is 4.04. The summed E-state index contributed by atoms with van der Waals surface area (Å²) in [5.41, 5.74) is 0. The maximum Gasteiger partial charge on any atom is 0.134 e. The summed E-state index contributed by atoms with van der Waals surface area (Å²) in [7, 11) is 1.69. The molecule has 1 fully saturated rings. The first-order valence-electron chi connectivity index (χ1n) is 6.76. The van der Waals surface area contributed by atoms with Crippen molar-refractivity contribution in [2.45, 2.75) is 19.9 Å². The maximum atomic E-state index is 5.03. The molecule has 1 aliphatic heterocycles. The van der Waals surface area contributed by atoms with E-state index in [0.717, 1.165) is 43.6 Å². The minimum atomic E-state index is 0.494. The summed E-state index contributed by atoms with van der Waals surface area (Å²) in [6.45, 7) is 8.50. The Labute approximate surface area is 114 Å². The molecule has 1 aliphatic rings. The first kappa shape index (κ1) is 14.0. The maximum absolute atomic E-state index is 5.03. The van der Waals surface area contributed by atoms with Gasteiger partial charge in [0.1, 0.15) is 17.5 Å². The van der Waals surface area contributed by atoms with Crippen LogP contribution in [0, 0.1) is 6.92 Å². The fourth-order valence-corrected chi connectivity index (χ4v) is 2.23. The van der Waals surface area contributed by atoms with Crippen molar-refractivity contribution in [2.75, 3.05) is 50.1 Å². The Morgan fingerprint density at radius 2 is 2.37 bits per heavy atom. The van der Waals surface area contributed by atoms with Crippen LogP contribution in [0.15, 0.2) is 6.07 Å². The summed E-state index contributed by atoms with van der Waals surface area (Å²) in [4.78, 5) is 11.2. The van der Waals surface area contributed by atoms with Gasteiger partial charge in [-0.15, -0.1) is 0 Å². The number of rotatable bonds is 5. The molecule has 2 rings (SSSR count). The van der Waals surface area contributed by atoms with E-state index in [4.69, 9.17) is 4.74 Å². The second kappa shape index (κ2) is 6.68. The van der Waals surface area contributed by atoms with Crippen LogP contribution in [-0.2, 0) is 4.74 Å². The van der Waals surface area contributed by atoms with Crippen molar-refractivity contribution in [3.63, 3.8) is 0 Å².